The molecule has 0 fully saturated rings. The summed E-state index contributed by atoms with van der Waals surface area (Å²) in [5, 5.41) is 11.5. The summed E-state index contributed by atoms with van der Waals surface area (Å²) in [6.45, 7) is 0. The van der Waals surface area contributed by atoms with E-state index in [1.807, 2.05) is 0 Å². The lowest BCUT2D eigenvalue weighted by Crippen LogP contribution is -2.22. The number of benzene rings is 1. The number of rotatable bonds is 1. The van der Waals surface area contributed by atoms with Gasteiger partial charge in [-0.2, -0.15) is 16.4 Å². The van der Waals surface area contributed by atoms with Gasteiger partial charge in [-0.1, -0.05) is 24.3 Å². The lowest BCUT2D eigenvalue weighted by Gasteiger charge is -2.24. The zero-order valence-corrected chi connectivity index (χ0v) is 12.4. The standard InChI is InChI=1S/C17H18N2S/c1-19-17(13-9-10-20-11-13)15-8-4-6-12-5-2-3-7-14(12)16(15)18-19/h2-3,5,7,9-11,15,17H,4,6,8H2,1H3. The summed E-state index contributed by atoms with van der Waals surface area (Å²) in [4.78, 5) is 0. The van der Waals surface area contributed by atoms with Gasteiger partial charge in [-0.05, 0) is 47.2 Å². The minimum absolute atomic E-state index is 0.419. The lowest BCUT2D eigenvalue weighted by atomic mass is 9.86. The van der Waals surface area contributed by atoms with E-state index in [0.29, 0.717) is 12.0 Å². The largest absolute Gasteiger partial charge is 0.292 e. The van der Waals surface area contributed by atoms with Crippen LogP contribution < -0.4 is 0 Å². The molecule has 1 aromatic carbocycles. The van der Waals surface area contributed by atoms with Crippen molar-refractivity contribution in [2.24, 2.45) is 11.0 Å². The van der Waals surface area contributed by atoms with Gasteiger partial charge >= 0.3 is 0 Å². The molecule has 2 heterocycles. The van der Waals surface area contributed by atoms with Crippen LogP contribution in [0.15, 0.2) is 46.2 Å². The van der Waals surface area contributed by atoms with Crippen LogP contribution in [0.2, 0.25) is 0 Å². The highest BCUT2D eigenvalue weighted by molar-refractivity contribution is 7.08. The fraction of sp³-hybridized carbons (Fsp3) is 0.353. The van der Waals surface area contributed by atoms with E-state index in [-0.39, 0.29) is 0 Å². The van der Waals surface area contributed by atoms with Crippen LogP contribution in [0.4, 0.5) is 0 Å². The van der Waals surface area contributed by atoms with Gasteiger partial charge in [-0.25, -0.2) is 0 Å². The second kappa shape index (κ2) is 4.74. The minimum Gasteiger partial charge on any atom is -0.292 e. The highest BCUT2D eigenvalue weighted by atomic mass is 32.1. The molecule has 102 valence electrons. The van der Waals surface area contributed by atoms with Gasteiger partial charge in [0, 0.05) is 18.5 Å². The van der Waals surface area contributed by atoms with Crippen molar-refractivity contribution in [3.8, 4) is 0 Å². The first-order valence-electron chi connectivity index (χ1n) is 7.26. The van der Waals surface area contributed by atoms with Gasteiger partial charge < -0.3 is 0 Å². The van der Waals surface area contributed by atoms with Crippen molar-refractivity contribution in [2.45, 2.75) is 25.3 Å². The molecular weight excluding hydrogens is 264 g/mol. The second-order valence-corrected chi connectivity index (χ2v) is 6.50. The predicted molar refractivity (Wildman–Crippen MR) is 84.2 cm³/mol. The average Bonchev–Trinajstić information content (AvgIpc) is 3.03. The van der Waals surface area contributed by atoms with Crippen molar-refractivity contribution in [1.29, 1.82) is 0 Å². The van der Waals surface area contributed by atoms with Gasteiger partial charge in [0.2, 0.25) is 0 Å². The van der Waals surface area contributed by atoms with E-state index in [1.165, 1.54) is 41.7 Å². The summed E-state index contributed by atoms with van der Waals surface area (Å²) in [6.07, 6.45) is 3.68. The number of hydrogen-bond donors (Lipinski definition) is 0. The van der Waals surface area contributed by atoms with Crippen LogP contribution in [0.25, 0.3) is 0 Å². The zero-order chi connectivity index (χ0) is 13.5. The summed E-state index contributed by atoms with van der Waals surface area (Å²) >= 11 is 1.78. The Morgan fingerprint density at radius 1 is 1.25 bits per heavy atom. The third-order valence-electron chi connectivity index (χ3n) is 4.54. The Kier molecular flexibility index (Phi) is 2.88. The van der Waals surface area contributed by atoms with Crippen LogP contribution in [0.3, 0.4) is 0 Å². The highest BCUT2D eigenvalue weighted by Gasteiger charge is 2.38. The summed E-state index contributed by atoms with van der Waals surface area (Å²) in [6, 6.07) is 11.5. The van der Waals surface area contributed by atoms with Gasteiger partial charge in [0.1, 0.15) is 0 Å². The van der Waals surface area contributed by atoms with Gasteiger partial charge in [0.25, 0.3) is 0 Å². The number of hydrogen-bond acceptors (Lipinski definition) is 3. The average molecular weight is 282 g/mol. The first-order chi connectivity index (χ1) is 9.84. The third kappa shape index (κ3) is 1.80. The predicted octanol–water partition coefficient (Wildman–Crippen LogP) is 4.09. The molecule has 2 aliphatic rings. The van der Waals surface area contributed by atoms with Crippen LogP contribution in [0, 0.1) is 5.92 Å². The van der Waals surface area contributed by atoms with Gasteiger partial charge in [0.15, 0.2) is 0 Å². The molecule has 1 aliphatic heterocycles. The molecule has 2 nitrogen and oxygen atoms in total. The SMILES string of the molecule is CN1N=C2c3ccccc3CCCC2C1c1ccsc1. The number of nitrogens with zero attached hydrogens (tertiary/aromatic N) is 2. The summed E-state index contributed by atoms with van der Waals surface area (Å²) < 4.78 is 0. The van der Waals surface area contributed by atoms with Crippen LogP contribution >= 0.6 is 11.3 Å². The molecule has 0 saturated heterocycles. The van der Waals surface area contributed by atoms with E-state index in [9.17, 15) is 0 Å². The monoisotopic (exact) mass is 282 g/mol. The van der Waals surface area contributed by atoms with Crippen LogP contribution in [0.1, 0.15) is 35.6 Å². The molecule has 2 unspecified atom stereocenters. The molecule has 3 heteroatoms. The second-order valence-electron chi connectivity index (χ2n) is 5.72. The van der Waals surface area contributed by atoms with Gasteiger partial charge in [-0.15, -0.1) is 0 Å². The molecule has 0 bridgehead atoms. The van der Waals surface area contributed by atoms with Crippen molar-refractivity contribution >= 4 is 17.0 Å². The molecule has 2 aromatic rings. The van der Waals surface area contributed by atoms with E-state index < -0.39 is 0 Å². The zero-order valence-electron chi connectivity index (χ0n) is 11.6. The van der Waals surface area contributed by atoms with Crippen molar-refractivity contribution in [3.05, 3.63) is 57.8 Å². The first-order valence-corrected chi connectivity index (χ1v) is 8.20. The van der Waals surface area contributed by atoms with Crippen molar-refractivity contribution in [3.63, 3.8) is 0 Å². The van der Waals surface area contributed by atoms with Crippen molar-refractivity contribution < 1.29 is 0 Å². The van der Waals surface area contributed by atoms with Crippen molar-refractivity contribution in [1.82, 2.24) is 5.01 Å². The Hall–Kier alpha value is -1.61. The number of hydrazone groups is 1. The highest BCUT2D eigenvalue weighted by Crippen LogP contribution is 2.42. The molecule has 0 amide bonds. The van der Waals surface area contributed by atoms with E-state index >= 15 is 0 Å². The molecule has 1 aliphatic carbocycles. The molecule has 0 radical (unpaired) electrons. The number of aryl methyl sites for hydroxylation is 1. The van der Waals surface area contributed by atoms with Crippen LogP contribution in [0.5, 0.6) is 0 Å². The Bertz CT molecular complexity index is 645. The minimum atomic E-state index is 0.419. The third-order valence-corrected chi connectivity index (χ3v) is 5.24. The maximum Gasteiger partial charge on any atom is 0.0809 e. The molecule has 2 atom stereocenters. The summed E-state index contributed by atoms with van der Waals surface area (Å²) in [5.74, 6) is 0.540. The van der Waals surface area contributed by atoms with Crippen LogP contribution in [-0.4, -0.2) is 17.8 Å². The lowest BCUT2D eigenvalue weighted by molar-refractivity contribution is 0.243. The Labute approximate surface area is 123 Å². The number of fused-ring (bicyclic) bond motifs is 3. The summed E-state index contributed by atoms with van der Waals surface area (Å²) in [5.41, 5.74) is 5.56. The maximum atomic E-state index is 4.90. The van der Waals surface area contributed by atoms with E-state index in [0.717, 1.165) is 0 Å². The fourth-order valence-corrected chi connectivity index (χ4v) is 4.35. The van der Waals surface area contributed by atoms with Crippen LogP contribution in [-0.2, 0) is 6.42 Å². The first kappa shape index (κ1) is 12.2. The molecular formula is C17H18N2S. The smallest absolute Gasteiger partial charge is 0.0809 e. The quantitative estimate of drug-likeness (QED) is 0.769. The maximum absolute atomic E-state index is 4.90. The fourth-order valence-electron chi connectivity index (χ4n) is 3.66. The van der Waals surface area contributed by atoms with Gasteiger partial charge in [0.05, 0.1) is 11.8 Å². The normalized spacial score (nSPS) is 24.9. The van der Waals surface area contributed by atoms with E-state index in [2.05, 4.69) is 53.1 Å². The van der Waals surface area contributed by atoms with E-state index in [1.54, 1.807) is 11.3 Å². The van der Waals surface area contributed by atoms with E-state index in [4.69, 9.17) is 5.10 Å². The summed E-state index contributed by atoms with van der Waals surface area (Å²) in [7, 11) is 2.12. The molecule has 20 heavy (non-hydrogen) atoms. The Morgan fingerprint density at radius 2 is 2.15 bits per heavy atom. The molecule has 0 saturated carbocycles. The Morgan fingerprint density at radius 3 is 3.00 bits per heavy atom. The molecule has 0 N–H and O–H groups in total. The topological polar surface area (TPSA) is 15.6 Å². The number of thiophene rings is 1. The van der Waals surface area contributed by atoms with Crippen molar-refractivity contribution in [2.75, 3.05) is 7.05 Å². The molecule has 1 aromatic heterocycles. The molecule has 4 rings (SSSR count). The molecule has 0 spiro atoms. The Balaban J connectivity index is 1.80. The van der Waals surface area contributed by atoms with Gasteiger partial charge in [-0.3, -0.25) is 5.01 Å².